The molecule has 0 saturated heterocycles. The molecule has 0 heterocycles. The number of aliphatic hydroxyl groups is 1. The summed E-state index contributed by atoms with van der Waals surface area (Å²) in [4.78, 5) is 0. The molecule has 0 aliphatic heterocycles. The average Bonchev–Trinajstić information content (AvgIpc) is 2.49. The van der Waals surface area contributed by atoms with Crippen LogP contribution < -0.4 is 5.32 Å². The van der Waals surface area contributed by atoms with Gasteiger partial charge in [0.05, 0.1) is 6.10 Å². The minimum atomic E-state index is -0.441. The number of nitrogens with one attached hydrogen (secondary N) is 1. The van der Waals surface area contributed by atoms with Crippen LogP contribution in [0.4, 0.5) is 0 Å². The molecule has 19 heavy (non-hydrogen) atoms. The molecule has 0 fully saturated rings. The van der Waals surface area contributed by atoms with Gasteiger partial charge in [0.15, 0.2) is 0 Å². The van der Waals surface area contributed by atoms with E-state index in [1.54, 1.807) is 0 Å². The van der Waals surface area contributed by atoms with Crippen molar-refractivity contribution in [3.8, 4) is 0 Å². The summed E-state index contributed by atoms with van der Waals surface area (Å²) < 4.78 is 0. The van der Waals surface area contributed by atoms with Gasteiger partial charge < -0.3 is 10.4 Å². The highest BCUT2D eigenvalue weighted by Gasteiger charge is 2.08. The molecular weight excluding hydrogens is 234 g/mol. The van der Waals surface area contributed by atoms with Crippen LogP contribution in [0.5, 0.6) is 0 Å². The van der Waals surface area contributed by atoms with E-state index in [4.69, 9.17) is 0 Å². The van der Waals surface area contributed by atoms with Crippen LogP contribution >= 0.6 is 0 Å². The summed E-state index contributed by atoms with van der Waals surface area (Å²) in [5.41, 5.74) is 2.28. The van der Waals surface area contributed by atoms with E-state index < -0.39 is 6.10 Å². The van der Waals surface area contributed by atoms with Gasteiger partial charge in [-0.1, -0.05) is 67.6 Å². The Kier molecular flexibility index (Phi) is 5.13. The van der Waals surface area contributed by atoms with E-state index in [1.807, 2.05) is 36.4 Å². The largest absolute Gasteiger partial charge is 0.387 e. The number of hydrogen-bond acceptors (Lipinski definition) is 2. The van der Waals surface area contributed by atoms with Crippen molar-refractivity contribution in [2.45, 2.75) is 18.9 Å². The van der Waals surface area contributed by atoms with Crippen molar-refractivity contribution in [1.82, 2.24) is 5.32 Å². The lowest BCUT2D eigenvalue weighted by Gasteiger charge is -2.16. The van der Waals surface area contributed by atoms with Crippen molar-refractivity contribution >= 4 is 0 Å². The molecule has 2 rings (SSSR count). The van der Waals surface area contributed by atoms with Crippen molar-refractivity contribution in [2.75, 3.05) is 13.1 Å². The highest BCUT2D eigenvalue weighted by Crippen LogP contribution is 2.14. The number of rotatable bonds is 6. The third kappa shape index (κ3) is 4.19. The Bertz CT molecular complexity index is 424. The SMILES string of the molecule is C[C@H](CNC[C@H](O)c1ccccc1)c1ccccc1. The standard InChI is InChI=1S/C17H21NO/c1-14(15-8-4-2-5-9-15)12-18-13-17(19)16-10-6-3-7-11-16/h2-11,14,17-19H,12-13H2,1H3/t14-,17+/m1/s1. The van der Waals surface area contributed by atoms with Crippen molar-refractivity contribution in [3.05, 3.63) is 71.8 Å². The lowest BCUT2D eigenvalue weighted by molar-refractivity contribution is 0.174. The highest BCUT2D eigenvalue weighted by atomic mass is 16.3. The van der Waals surface area contributed by atoms with Crippen molar-refractivity contribution < 1.29 is 5.11 Å². The van der Waals surface area contributed by atoms with Gasteiger partial charge in [-0.05, 0) is 17.0 Å². The first kappa shape index (κ1) is 13.8. The van der Waals surface area contributed by atoms with Gasteiger partial charge in [0.25, 0.3) is 0 Å². The van der Waals surface area contributed by atoms with Crippen LogP contribution in [0.3, 0.4) is 0 Å². The molecule has 0 amide bonds. The monoisotopic (exact) mass is 255 g/mol. The second-order valence-corrected chi connectivity index (χ2v) is 4.90. The molecule has 2 heteroatoms. The van der Waals surface area contributed by atoms with Crippen LogP contribution in [0, 0.1) is 0 Å². The van der Waals surface area contributed by atoms with E-state index in [0.29, 0.717) is 12.5 Å². The first-order valence-electron chi connectivity index (χ1n) is 6.76. The van der Waals surface area contributed by atoms with Crippen molar-refractivity contribution in [3.63, 3.8) is 0 Å². The fourth-order valence-corrected chi connectivity index (χ4v) is 2.13. The number of hydrogen-bond donors (Lipinski definition) is 2. The Balaban J connectivity index is 1.78. The van der Waals surface area contributed by atoms with Gasteiger partial charge in [0.2, 0.25) is 0 Å². The summed E-state index contributed by atoms with van der Waals surface area (Å²) >= 11 is 0. The maximum absolute atomic E-state index is 10.0. The highest BCUT2D eigenvalue weighted by molar-refractivity contribution is 5.19. The maximum Gasteiger partial charge on any atom is 0.0914 e. The lowest BCUT2D eigenvalue weighted by atomic mass is 10.0. The van der Waals surface area contributed by atoms with Crippen LogP contribution in [0.25, 0.3) is 0 Å². The van der Waals surface area contributed by atoms with Gasteiger partial charge in [-0.3, -0.25) is 0 Å². The molecule has 2 aromatic rings. The quantitative estimate of drug-likeness (QED) is 0.831. The van der Waals surface area contributed by atoms with Gasteiger partial charge in [0, 0.05) is 13.1 Å². The second kappa shape index (κ2) is 7.07. The van der Waals surface area contributed by atoms with E-state index in [1.165, 1.54) is 5.56 Å². The predicted octanol–water partition coefficient (Wildman–Crippen LogP) is 3.11. The van der Waals surface area contributed by atoms with Crippen molar-refractivity contribution in [2.24, 2.45) is 0 Å². The summed E-state index contributed by atoms with van der Waals surface area (Å²) in [7, 11) is 0. The predicted molar refractivity (Wildman–Crippen MR) is 79.1 cm³/mol. The molecule has 0 aromatic heterocycles. The van der Waals surface area contributed by atoms with Crippen LogP contribution in [-0.2, 0) is 0 Å². The third-order valence-corrected chi connectivity index (χ3v) is 3.34. The van der Waals surface area contributed by atoms with E-state index >= 15 is 0 Å². The number of benzene rings is 2. The second-order valence-electron chi connectivity index (χ2n) is 4.90. The molecule has 0 spiro atoms. The topological polar surface area (TPSA) is 32.3 Å². The molecule has 100 valence electrons. The van der Waals surface area contributed by atoms with Gasteiger partial charge in [-0.25, -0.2) is 0 Å². The van der Waals surface area contributed by atoms with Crippen molar-refractivity contribution in [1.29, 1.82) is 0 Å². The van der Waals surface area contributed by atoms with Crippen LogP contribution in [0.1, 0.15) is 30.1 Å². The van der Waals surface area contributed by atoms with Crippen LogP contribution in [0.15, 0.2) is 60.7 Å². The summed E-state index contributed by atoms with van der Waals surface area (Å²) in [6.45, 7) is 3.65. The summed E-state index contributed by atoms with van der Waals surface area (Å²) in [5.74, 6) is 0.448. The van der Waals surface area contributed by atoms with Crippen LogP contribution in [0.2, 0.25) is 0 Å². The molecule has 2 nitrogen and oxygen atoms in total. The molecule has 2 aromatic carbocycles. The van der Waals surface area contributed by atoms with Gasteiger partial charge in [0.1, 0.15) is 0 Å². The smallest absolute Gasteiger partial charge is 0.0914 e. The normalized spacial score (nSPS) is 14.0. The molecule has 0 aliphatic carbocycles. The molecule has 0 saturated carbocycles. The zero-order valence-electron chi connectivity index (χ0n) is 11.3. The Labute approximate surface area is 115 Å². The molecule has 2 N–H and O–H groups in total. The number of aliphatic hydroxyl groups excluding tert-OH is 1. The fourth-order valence-electron chi connectivity index (χ4n) is 2.13. The van der Waals surface area contributed by atoms with E-state index in [9.17, 15) is 5.11 Å². The lowest BCUT2D eigenvalue weighted by Crippen LogP contribution is -2.25. The zero-order valence-corrected chi connectivity index (χ0v) is 11.3. The molecule has 0 radical (unpaired) electrons. The Morgan fingerprint density at radius 2 is 1.37 bits per heavy atom. The maximum atomic E-state index is 10.0. The third-order valence-electron chi connectivity index (χ3n) is 3.34. The van der Waals surface area contributed by atoms with E-state index in [-0.39, 0.29) is 0 Å². The minimum absolute atomic E-state index is 0.441. The molecule has 0 bridgehead atoms. The van der Waals surface area contributed by atoms with Gasteiger partial charge >= 0.3 is 0 Å². The molecule has 0 aliphatic rings. The minimum Gasteiger partial charge on any atom is -0.387 e. The fraction of sp³-hybridized carbons (Fsp3) is 0.294. The molecular formula is C17H21NO. The van der Waals surface area contributed by atoms with Gasteiger partial charge in [-0.2, -0.15) is 0 Å². The summed E-state index contributed by atoms with van der Waals surface area (Å²) in [6.07, 6.45) is -0.441. The first-order chi connectivity index (χ1) is 9.27. The van der Waals surface area contributed by atoms with Crippen LogP contribution in [-0.4, -0.2) is 18.2 Å². The Morgan fingerprint density at radius 1 is 0.842 bits per heavy atom. The van der Waals surface area contributed by atoms with Gasteiger partial charge in [-0.15, -0.1) is 0 Å². The zero-order chi connectivity index (χ0) is 13.5. The molecule has 0 unspecified atom stereocenters. The Morgan fingerprint density at radius 3 is 1.95 bits per heavy atom. The Hall–Kier alpha value is -1.64. The summed E-state index contributed by atoms with van der Waals surface area (Å²) in [6, 6.07) is 20.2. The average molecular weight is 255 g/mol. The summed E-state index contributed by atoms with van der Waals surface area (Å²) in [5, 5.41) is 13.4. The van der Waals surface area contributed by atoms with E-state index in [2.05, 4.69) is 36.5 Å². The molecule has 2 atom stereocenters. The van der Waals surface area contributed by atoms with E-state index in [0.717, 1.165) is 12.1 Å². The first-order valence-corrected chi connectivity index (χ1v) is 6.76.